The fourth-order valence-corrected chi connectivity index (χ4v) is 5.66. The number of rotatable bonds is 7. The molecule has 38 heavy (non-hydrogen) atoms. The van der Waals surface area contributed by atoms with E-state index in [1.54, 1.807) is 0 Å². The Balaban J connectivity index is 1.26. The van der Waals surface area contributed by atoms with E-state index in [0.717, 1.165) is 66.7 Å². The number of aromatic nitrogens is 3. The number of aryl methyl sites for hydroxylation is 1. The van der Waals surface area contributed by atoms with E-state index in [4.69, 9.17) is 9.97 Å². The number of hydrogen-bond donors (Lipinski definition) is 2. The molecule has 2 aliphatic heterocycles. The van der Waals surface area contributed by atoms with Crippen LogP contribution in [-0.4, -0.2) is 69.7 Å². The molecule has 198 valence electrons. The summed E-state index contributed by atoms with van der Waals surface area (Å²) in [7, 11) is 2.17. The van der Waals surface area contributed by atoms with Crippen molar-refractivity contribution in [3.63, 3.8) is 0 Å². The molecule has 1 fully saturated rings. The first-order valence-electron chi connectivity index (χ1n) is 13.5. The number of likely N-dealkylation sites (N-methyl/N-ethyl adjacent to an activating group) is 1. The molecule has 1 aliphatic carbocycles. The highest BCUT2D eigenvalue weighted by Crippen LogP contribution is 2.41. The summed E-state index contributed by atoms with van der Waals surface area (Å²) in [5.41, 5.74) is 4.25. The van der Waals surface area contributed by atoms with Gasteiger partial charge in [-0.05, 0) is 62.2 Å². The summed E-state index contributed by atoms with van der Waals surface area (Å²) in [6.07, 6.45) is 5.97. The molecule has 0 spiro atoms. The molecule has 3 aliphatic rings. The Kier molecular flexibility index (Phi) is 6.51. The highest BCUT2D eigenvalue weighted by atomic mass is 16.3. The van der Waals surface area contributed by atoms with Crippen LogP contribution >= 0.6 is 0 Å². The largest absolute Gasteiger partial charge is 0.384 e. The number of benzene rings is 1. The van der Waals surface area contributed by atoms with Gasteiger partial charge in [0, 0.05) is 62.4 Å². The quantitative estimate of drug-likeness (QED) is 0.457. The molecule has 0 saturated carbocycles. The van der Waals surface area contributed by atoms with Crippen LogP contribution in [0, 0.1) is 0 Å². The van der Waals surface area contributed by atoms with E-state index in [1.165, 1.54) is 5.69 Å². The number of nitrogens with zero attached hydrogens (tertiary/aromatic N) is 7. The molecule has 0 bridgehead atoms. The number of nitrogens with one attached hydrogen (secondary N) is 1. The zero-order chi connectivity index (χ0) is 26.3. The molecule has 0 radical (unpaired) electrons. The van der Waals surface area contributed by atoms with Gasteiger partial charge in [-0.1, -0.05) is 19.1 Å². The van der Waals surface area contributed by atoms with Gasteiger partial charge in [0.15, 0.2) is 5.82 Å². The van der Waals surface area contributed by atoms with Crippen LogP contribution in [0.5, 0.6) is 0 Å². The second-order valence-corrected chi connectivity index (χ2v) is 10.5. The number of hydrazine groups is 1. The zero-order valence-electron chi connectivity index (χ0n) is 22.3. The Labute approximate surface area is 224 Å². The molecule has 4 heterocycles. The van der Waals surface area contributed by atoms with Crippen LogP contribution in [0.3, 0.4) is 0 Å². The summed E-state index contributed by atoms with van der Waals surface area (Å²) in [5, 5.41) is 18.7. The SMILES string of the molecule is C=CCN1Cc2cnc(Nc3ccc(N4CCN(C)CC4)cc3)nc2N1c1ccc2c(n1)[C@@](O)(CC)CC2. The third-order valence-corrected chi connectivity index (χ3v) is 8.02. The van der Waals surface area contributed by atoms with Crippen LogP contribution in [0.4, 0.5) is 29.0 Å². The van der Waals surface area contributed by atoms with Crippen molar-refractivity contribution in [2.45, 2.75) is 38.3 Å². The summed E-state index contributed by atoms with van der Waals surface area (Å²) in [4.78, 5) is 19.3. The first-order chi connectivity index (χ1) is 18.5. The van der Waals surface area contributed by atoms with Gasteiger partial charge in [-0.3, -0.25) is 0 Å². The molecule has 1 saturated heterocycles. The first kappa shape index (κ1) is 24.8. The van der Waals surface area contributed by atoms with Crippen molar-refractivity contribution in [3.05, 3.63) is 72.1 Å². The fraction of sp³-hybridized carbons (Fsp3) is 0.414. The average Bonchev–Trinajstić information content (AvgIpc) is 3.47. The van der Waals surface area contributed by atoms with Crippen LogP contribution < -0.4 is 15.2 Å². The fourth-order valence-electron chi connectivity index (χ4n) is 5.66. The first-order valence-corrected chi connectivity index (χ1v) is 13.5. The highest BCUT2D eigenvalue weighted by molar-refractivity contribution is 5.66. The number of piperazine rings is 1. The summed E-state index contributed by atoms with van der Waals surface area (Å²) in [6, 6.07) is 12.6. The monoisotopic (exact) mass is 512 g/mol. The van der Waals surface area contributed by atoms with Crippen molar-refractivity contribution >= 4 is 29.0 Å². The van der Waals surface area contributed by atoms with Crippen molar-refractivity contribution in [3.8, 4) is 0 Å². The lowest BCUT2D eigenvalue weighted by atomic mass is 9.98. The minimum atomic E-state index is -0.869. The van der Waals surface area contributed by atoms with Crippen molar-refractivity contribution in [1.82, 2.24) is 24.9 Å². The maximum atomic E-state index is 11.2. The molecule has 3 aromatic rings. The molecule has 2 N–H and O–H groups in total. The molecule has 1 atom stereocenters. The molecule has 9 heteroatoms. The van der Waals surface area contributed by atoms with Crippen LogP contribution in [0.25, 0.3) is 0 Å². The van der Waals surface area contributed by atoms with E-state index in [0.29, 0.717) is 31.9 Å². The second kappa shape index (κ2) is 9.98. The van der Waals surface area contributed by atoms with Crippen LogP contribution in [-0.2, 0) is 18.6 Å². The predicted octanol–water partition coefficient (Wildman–Crippen LogP) is 3.97. The minimum absolute atomic E-state index is 0.535. The van der Waals surface area contributed by atoms with E-state index in [2.05, 4.69) is 69.1 Å². The number of aliphatic hydroxyl groups is 1. The summed E-state index contributed by atoms with van der Waals surface area (Å²) in [6.45, 7) is 11.5. The Hall–Kier alpha value is -3.53. The third-order valence-electron chi connectivity index (χ3n) is 8.02. The molecule has 0 amide bonds. The van der Waals surface area contributed by atoms with Crippen LogP contribution in [0.2, 0.25) is 0 Å². The molecular formula is C29H36N8O. The molecule has 1 aromatic carbocycles. The van der Waals surface area contributed by atoms with Crippen molar-refractivity contribution in [2.24, 2.45) is 0 Å². The Morgan fingerprint density at radius 2 is 1.84 bits per heavy atom. The maximum Gasteiger partial charge on any atom is 0.229 e. The standard InChI is InChI=1S/C29H36N8O/c1-4-14-36-20-22-19-30-28(31-23-7-9-24(10-8-23)35-17-15-34(3)16-18-35)33-27(22)37(36)25-11-6-21-12-13-29(38,5-2)26(21)32-25/h4,6-11,19,38H,1,5,12-18,20H2,2-3H3,(H,30,31,33)/t29-/m1/s1. The zero-order valence-corrected chi connectivity index (χ0v) is 22.3. The van der Waals surface area contributed by atoms with Crippen molar-refractivity contribution in [2.75, 3.05) is 55.0 Å². The second-order valence-electron chi connectivity index (χ2n) is 10.5. The number of anilines is 5. The average molecular weight is 513 g/mol. The van der Waals surface area contributed by atoms with Gasteiger partial charge in [0.1, 0.15) is 11.4 Å². The number of fused-ring (bicyclic) bond motifs is 2. The lowest BCUT2D eigenvalue weighted by Gasteiger charge is -2.34. The van der Waals surface area contributed by atoms with Gasteiger partial charge < -0.3 is 20.2 Å². The maximum absolute atomic E-state index is 11.2. The molecule has 0 unspecified atom stereocenters. The van der Waals surface area contributed by atoms with Gasteiger partial charge in [-0.15, -0.1) is 6.58 Å². The molecule has 9 nitrogen and oxygen atoms in total. The lowest BCUT2D eigenvalue weighted by Crippen LogP contribution is -2.44. The Bertz CT molecular complexity index is 1320. The lowest BCUT2D eigenvalue weighted by molar-refractivity contribution is 0.0306. The predicted molar refractivity (Wildman–Crippen MR) is 151 cm³/mol. The van der Waals surface area contributed by atoms with Crippen LogP contribution in [0.1, 0.15) is 36.6 Å². The highest BCUT2D eigenvalue weighted by Gasteiger charge is 2.38. The molecule has 6 rings (SSSR count). The summed E-state index contributed by atoms with van der Waals surface area (Å²) in [5.74, 6) is 2.08. The number of pyridine rings is 1. The summed E-state index contributed by atoms with van der Waals surface area (Å²) < 4.78 is 0. The molecule has 2 aromatic heterocycles. The topological polar surface area (TPSA) is 83.9 Å². The number of hydrogen-bond acceptors (Lipinski definition) is 9. The normalized spacial score (nSPS) is 21.4. The van der Waals surface area contributed by atoms with Gasteiger partial charge in [0.05, 0.1) is 5.69 Å². The van der Waals surface area contributed by atoms with E-state index in [-0.39, 0.29) is 0 Å². The van der Waals surface area contributed by atoms with E-state index >= 15 is 0 Å². The van der Waals surface area contributed by atoms with Gasteiger partial charge in [0.2, 0.25) is 5.95 Å². The van der Waals surface area contributed by atoms with Gasteiger partial charge in [0.25, 0.3) is 0 Å². The van der Waals surface area contributed by atoms with E-state index < -0.39 is 5.60 Å². The van der Waals surface area contributed by atoms with Crippen LogP contribution in [0.15, 0.2) is 55.3 Å². The smallest absolute Gasteiger partial charge is 0.229 e. The van der Waals surface area contributed by atoms with Crippen molar-refractivity contribution in [1.29, 1.82) is 0 Å². The Morgan fingerprint density at radius 1 is 1.05 bits per heavy atom. The Morgan fingerprint density at radius 3 is 2.58 bits per heavy atom. The third kappa shape index (κ3) is 4.51. The summed E-state index contributed by atoms with van der Waals surface area (Å²) >= 11 is 0. The van der Waals surface area contributed by atoms with Crippen molar-refractivity contribution < 1.29 is 5.11 Å². The van der Waals surface area contributed by atoms with Gasteiger partial charge in [-0.25, -0.2) is 20.0 Å². The van der Waals surface area contributed by atoms with Gasteiger partial charge in [-0.2, -0.15) is 4.98 Å². The molecular weight excluding hydrogens is 476 g/mol. The van der Waals surface area contributed by atoms with Gasteiger partial charge >= 0.3 is 0 Å². The van der Waals surface area contributed by atoms with E-state index in [1.807, 2.05) is 30.3 Å². The van der Waals surface area contributed by atoms with E-state index in [9.17, 15) is 5.11 Å². The minimum Gasteiger partial charge on any atom is -0.384 e.